The summed E-state index contributed by atoms with van der Waals surface area (Å²) in [7, 11) is 1.29. The molecule has 3 rings (SSSR count). The largest absolute Gasteiger partial charge is 0.468 e. The number of esters is 1. The molecule has 2 aromatic rings. The van der Waals surface area contributed by atoms with Gasteiger partial charge in [-0.15, -0.1) is 0 Å². The first-order valence-corrected chi connectivity index (χ1v) is 8.13. The second-order valence-electron chi connectivity index (χ2n) is 6.30. The zero-order valence-corrected chi connectivity index (χ0v) is 14.2. The highest BCUT2D eigenvalue weighted by atomic mass is 19.1. The number of halogens is 1. The SMILES string of the molecule is COC(=O)C1(c2ccc(NC(=O)c3cccc(C#N)c3)cc2)CC(F)C1. The van der Waals surface area contributed by atoms with Crippen LogP contribution in [0.5, 0.6) is 0 Å². The number of carbonyl (C=O) groups is 2. The van der Waals surface area contributed by atoms with E-state index in [-0.39, 0.29) is 18.7 Å². The quantitative estimate of drug-likeness (QED) is 0.856. The van der Waals surface area contributed by atoms with Crippen molar-refractivity contribution in [1.82, 2.24) is 0 Å². The number of rotatable bonds is 4. The fourth-order valence-corrected chi connectivity index (χ4v) is 3.22. The lowest BCUT2D eigenvalue weighted by atomic mass is 9.63. The number of anilines is 1. The molecule has 0 aromatic heterocycles. The average molecular weight is 352 g/mol. The molecule has 1 aliphatic rings. The molecular formula is C20H17FN2O3. The molecule has 0 radical (unpaired) electrons. The minimum Gasteiger partial charge on any atom is -0.468 e. The van der Waals surface area contributed by atoms with Crippen LogP contribution in [0, 0.1) is 11.3 Å². The molecule has 5 nitrogen and oxygen atoms in total. The number of hydrogen-bond donors (Lipinski definition) is 1. The number of benzene rings is 2. The van der Waals surface area contributed by atoms with E-state index < -0.39 is 17.6 Å². The van der Waals surface area contributed by atoms with E-state index in [4.69, 9.17) is 10.00 Å². The maximum Gasteiger partial charge on any atom is 0.316 e. The van der Waals surface area contributed by atoms with E-state index in [9.17, 15) is 14.0 Å². The minimum atomic E-state index is -1.01. The topological polar surface area (TPSA) is 79.2 Å². The van der Waals surface area contributed by atoms with Crippen LogP contribution < -0.4 is 5.32 Å². The third-order valence-electron chi connectivity index (χ3n) is 4.67. The molecule has 1 aliphatic carbocycles. The van der Waals surface area contributed by atoms with Crippen LogP contribution in [-0.2, 0) is 14.9 Å². The summed E-state index contributed by atoms with van der Waals surface area (Å²) in [6, 6.07) is 15.1. The summed E-state index contributed by atoms with van der Waals surface area (Å²) < 4.78 is 18.2. The van der Waals surface area contributed by atoms with Gasteiger partial charge in [-0.25, -0.2) is 4.39 Å². The van der Waals surface area contributed by atoms with Crippen molar-refractivity contribution in [1.29, 1.82) is 5.26 Å². The second kappa shape index (κ2) is 6.96. The summed E-state index contributed by atoms with van der Waals surface area (Å²) in [5, 5.41) is 11.6. The zero-order valence-electron chi connectivity index (χ0n) is 14.2. The first kappa shape index (κ1) is 17.6. The van der Waals surface area contributed by atoms with Gasteiger partial charge in [0.2, 0.25) is 0 Å². The van der Waals surface area contributed by atoms with E-state index in [1.807, 2.05) is 6.07 Å². The van der Waals surface area contributed by atoms with Crippen LogP contribution in [0.1, 0.15) is 34.3 Å². The van der Waals surface area contributed by atoms with Crippen molar-refractivity contribution in [3.8, 4) is 6.07 Å². The minimum absolute atomic E-state index is 0.104. The van der Waals surface area contributed by atoms with Crippen LogP contribution in [0.15, 0.2) is 48.5 Å². The van der Waals surface area contributed by atoms with Crippen LogP contribution in [0.3, 0.4) is 0 Å². The Morgan fingerprint density at radius 2 is 1.92 bits per heavy atom. The standard InChI is InChI=1S/C20H17FN2O3/c1-26-19(25)20(10-16(21)11-20)15-5-7-17(8-6-15)23-18(24)14-4-2-3-13(9-14)12-22/h2-9,16H,10-11H2,1H3,(H,23,24). The highest BCUT2D eigenvalue weighted by molar-refractivity contribution is 6.04. The fourth-order valence-electron chi connectivity index (χ4n) is 3.22. The van der Waals surface area contributed by atoms with Crippen LogP contribution in [0.4, 0.5) is 10.1 Å². The van der Waals surface area contributed by atoms with Gasteiger partial charge < -0.3 is 10.1 Å². The van der Waals surface area contributed by atoms with Gasteiger partial charge in [-0.3, -0.25) is 9.59 Å². The maximum absolute atomic E-state index is 13.4. The number of carbonyl (C=O) groups excluding carboxylic acids is 2. The number of amides is 1. The summed E-state index contributed by atoms with van der Waals surface area (Å²) in [6.07, 6.45) is -0.806. The summed E-state index contributed by atoms with van der Waals surface area (Å²) >= 11 is 0. The lowest BCUT2D eigenvalue weighted by Gasteiger charge is -2.41. The van der Waals surface area contributed by atoms with Crippen molar-refractivity contribution in [2.75, 3.05) is 12.4 Å². The highest BCUT2D eigenvalue weighted by Gasteiger charge is 2.52. The van der Waals surface area contributed by atoms with Gasteiger partial charge in [-0.2, -0.15) is 5.26 Å². The van der Waals surface area contributed by atoms with Gasteiger partial charge in [0, 0.05) is 11.3 Å². The van der Waals surface area contributed by atoms with Gasteiger partial charge >= 0.3 is 5.97 Å². The summed E-state index contributed by atoms with van der Waals surface area (Å²) in [6.45, 7) is 0. The van der Waals surface area contributed by atoms with Gasteiger partial charge in [0.1, 0.15) is 6.17 Å². The number of nitrogens with zero attached hydrogens (tertiary/aromatic N) is 1. The molecule has 0 bridgehead atoms. The Labute approximate surface area is 150 Å². The first-order valence-electron chi connectivity index (χ1n) is 8.13. The van der Waals surface area contributed by atoms with Crippen molar-refractivity contribution in [3.05, 3.63) is 65.2 Å². The normalized spacial score (nSPS) is 21.2. The highest BCUT2D eigenvalue weighted by Crippen LogP contribution is 2.46. The molecule has 1 saturated carbocycles. The van der Waals surface area contributed by atoms with Crippen LogP contribution in [0.25, 0.3) is 0 Å². The van der Waals surface area contributed by atoms with Gasteiger partial charge in [0.15, 0.2) is 0 Å². The maximum atomic E-state index is 13.4. The fraction of sp³-hybridized carbons (Fsp3) is 0.250. The number of ether oxygens (including phenoxy) is 1. The lowest BCUT2D eigenvalue weighted by molar-refractivity contribution is -0.154. The van der Waals surface area contributed by atoms with Crippen LogP contribution in [-0.4, -0.2) is 25.2 Å². The Morgan fingerprint density at radius 1 is 1.23 bits per heavy atom. The zero-order chi connectivity index (χ0) is 18.7. The Hall–Kier alpha value is -3.20. The molecule has 2 aromatic carbocycles. The van der Waals surface area contributed by atoms with Crippen LogP contribution in [0.2, 0.25) is 0 Å². The molecule has 0 spiro atoms. The molecule has 6 heteroatoms. The van der Waals surface area contributed by atoms with E-state index in [1.54, 1.807) is 42.5 Å². The third-order valence-corrected chi connectivity index (χ3v) is 4.67. The monoisotopic (exact) mass is 352 g/mol. The summed E-state index contributed by atoms with van der Waals surface area (Å²) in [5.74, 6) is -0.790. The molecule has 1 amide bonds. The predicted octanol–water partition coefficient (Wildman–Crippen LogP) is 3.35. The van der Waals surface area contributed by atoms with Gasteiger partial charge in [0.05, 0.1) is 24.2 Å². The van der Waals surface area contributed by atoms with E-state index in [1.165, 1.54) is 13.2 Å². The van der Waals surface area contributed by atoms with E-state index >= 15 is 0 Å². The molecule has 0 unspecified atom stereocenters. The van der Waals surface area contributed by atoms with Crippen molar-refractivity contribution in [3.63, 3.8) is 0 Å². The van der Waals surface area contributed by atoms with Crippen molar-refractivity contribution in [2.24, 2.45) is 0 Å². The molecule has 0 aliphatic heterocycles. The van der Waals surface area contributed by atoms with E-state index in [0.717, 1.165) is 0 Å². The predicted molar refractivity (Wildman–Crippen MR) is 93.4 cm³/mol. The smallest absolute Gasteiger partial charge is 0.316 e. The third kappa shape index (κ3) is 3.16. The molecule has 1 fully saturated rings. The van der Waals surface area contributed by atoms with Crippen LogP contribution >= 0.6 is 0 Å². The van der Waals surface area contributed by atoms with E-state index in [2.05, 4.69) is 5.32 Å². The lowest BCUT2D eigenvalue weighted by Crippen LogP contribution is -2.49. The first-order chi connectivity index (χ1) is 12.5. The molecule has 0 saturated heterocycles. The van der Waals surface area contributed by atoms with Crippen molar-refractivity contribution >= 4 is 17.6 Å². The molecule has 132 valence electrons. The Morgan fingerprint density at radius 3 is 2.50 bits per heavy atom. The number of methoxy groups -OCH3 is 1. The molecular weight excluding hydrogens is 335 g/mol. The number of alkyl halides is 1. The average Bonchev–Trinajstić information content (AvgIpc) is 2.65. The number of hydrogen-bond acceptors (Lipinski definition) is 4. The van der Waals surface area contributed by atoms with Crippen molar-refractivity contribution < 1.29 is 18.7 Å². The second-order valence-corrected chi connectivity index (χ2v) is 6.30. The number of nitriles is 1. The molecule has 0 heterocycles. The summed E-state index contributed by atoms with van der Waals surface area (Å²) in [4.78, 5) is 24.4. The van der Waals surface area contributed by atoms with Gasteiger partial charge in [0.25, 0.3) is 5.91 Å². The molecule has 26 heavy (non-hydrogen) atoms. The Bertz CT molecular complexity index is 881. The van der Waals surface area contributed by atoms with E-state index in [0.29, 0.717) is 22.4 Å². The Kier molecular flexibility index (Phi) is 4.72. The van der Waals surface area contributed by atoms with Crippen molar-refractivity contribution in [2.45, 2.75) is 24.4 Å². The van der Waals surface area contributed by atoms with Gasteiger partial charge in [-0.05, 0) is 48.7 Å². The van der Waals surface area contributed by atoms with Gasteiger partial charge in [-0.1, -0.05) is 18.2 Å². The molecule has 1 N–H and O–H groups in total. The summed E-state index contributed by atoms with van der Waals surface area (Å²) in [5.41, 5.74) is 1.04. The Balaban J connectivity index is 1.76. The number of nitrogens with one attached hydrogen (secondary N) is 1. The molecule has 0 atom stereocenters.